The predicted molar refractivity (Wildman–Crippen MR) is 413 cm³/mol. The fourth-order valence-corrected chi connectivity index (χ4v) is 13.9. The number of cyclic esters (lactones) is 1. The van der Waals surface area contributed by atoms with Crippen LogP contribution < -0.4 is 58.1 Å². The van der Waals surface area contributed by atoms with Gasteiger partial charge in [-0.1, -0.05) is 42.5 Å². The lowest BCUT2D eigenvalue weighted by Gasteiger charge is -2.36. The molecule has 0 bridgehead atoms. The van der Waals surface area contributed by atoms with E-state index in [1.807, 2.05) is 0 Å². The topological polar surface area (TPSA) is 490 Å². The maximum atomic E-state index is 15.7. The van der Waals surface area contributed by atoms with Gasteiger partial charge in [-0.25, -0.2) is 9.18 Å². The van der Waals surface area contributed by atoms with Gasteiger partial charge in [0, 0.05) is 76.3 Å². The highest BCUT2D eigenvalue weighted by atomic mass is 32.2. The molecule has 6 aromatic rings. The number of hydrogen-bond acceptors (Lipinski definition) is 23. The number of nitrogens with zero attached hydrogens (tertiary/aromatic N) is 5. The van der Waals surface area contributed by atoms with Crippen LogP contribution in [0.2, 0.25) is 0 Å². The van der Waals surface area contributed by atoms with Crippen molar-refractivity contribution in [2.75, 3.05) is 107 Å². The minimum absolute atomic E-state index is 0.0149. The number of hydrogen-bond donors (Lipinski definition) is 16. The Balaban J connectivity index is 0.838. The van der Waals surface area contributed by atoms with Crippen molar-refractivity contribution in [3.8, 4) is 28.7 Å². The standard InChI is InChI=1S/C77H96FN15O19S/c1-45(95)81-40-50-43-93(77(111)112-50)48-22-25-61(54(78)38-48)89-31-33-90(34-32-89)65(99)41-84-70(104)57(26-35-113-2)85-73(107)59(36-46-20-23-49(96)24-21-46)87-71(105)56(16-5-6-27-79)86-74(108)62-17-11-30-91(62)76(110)60(44-94)88-72(106)58(37-47-39-82-55-15-4-3-12-51(47)55)83-42-66(100)92(75(109)53-14-10-19-64(98)68(53)102)29-8-7-28-80-69(103)52-13-9-18-63(97)67(52)101/h3-4,9-10,12-15,18-25,38-39,50,56-60,62,82-83,94,96-98,101-102H,5-8,11,16-17,26-37,40-44,79H2,1-2H3,(H,80,103)(H,81,95)(H,84,104)(H,85,107)(H,86,108)(H,87,105)(H,88,106)/t50-,56-,57-,58-,59-,60-,62-/m0/s1. The Morgan fingerprint density at radius 3 is 2.06 bits per heavy atom. The SMILES string of the molecule is CSCC[C@H](NC(=O)[C@H](Cc1ccc(O)cc1)NC(=O)[C@H](CCCCN)NC(=O)[C@@H]1CCCN1C(=O)[C@H](CO)NC(=O)[C@H](Cc1c[nH]c2ccccc12)NCC(=O)N(CCCCNC(=O)c1cccc(O)c1O)C(=O)c1cccc(O)c1O)C(=O)NCC(=O)N1CCN(c2ccc(N3C[C@H](CNC(C)=O)OC3=O)cc2F)CC1. The van der Waals surface area contributed by atoms with E-state index in [0.717, 1.165) is 15.9 Å². The number of aliphatic hydroxyl groups is 1. The lowest BCUT2D eigenvalue weighted by molar-refractivity contribution is -0.143. The highest BCUT2D eigenvalue weighted by Crippen LogP contribution is 2.32. The van der Waals surface area contributed by atoms with Gasteiger partial charge in [0.25, 0.3) is 11.8 Å². The van der Waals surface area contributed by atoms with Crippen LogP contribution in [-0.4, -0.2) is 261 Å². The van der Waals surface area contributed by atoms with E-state index >= 15 is 4.39 Å². The molecule has 0 spiro atoms. The van der Waals surface area contributed by atoms with Crippen molar-refractivity contribution >= 4 is 105 Å². The Morgan fingerprint density at radius 1 is 0.690 bits per heavy atom. The van der Waals surface area contributed by atoms with Gasteiger partial charge in [-0.05, 0) is 148 Å². The van der Waals surface area contributed by atoms with Gasteiger partial charge < -0.3 is 98.0 Å². The average molecular weight is 1590 g/mol. The van der Waals surface area contributed by atoms with Gasteiger partial charge in [0.15, 0.2) is 23.0 Å². The highest BCUT2D eigenvalue weighted by Gasteiger charge is 2.41. The van der Waals surface area contributed by atoms with E-state index in [9.17, 15) is 88.2 Å². The number of phenols is 5. The van der Waals surface area contributed by atoms with Crippen LogP contribution in [0.25, 0.3) is 10.9 Å². The Bertz CT molecular complexity index is 4410. The first-order valence-corrected chi connectivity index (χ1v) is 38.5. The van der Waals surface area contributed by atoms with Crippen LogP contribution in [0, 0.1) is 5.82 Å². The number of piperazine rings is 1. The van der Waals surface area contributed by atoms with Crippen LogP contribution >= 0.6 is 11.8 Å². The summed E-state index contributed by atoms with van der Waals surface area (Å²) in [6.45, 7) is -0.0629. The molecule has 0 saturated carbocycles. The molecule has 36 heteroatoms. The van der Waals surface area contributed by atoms with Crippen LogP contribution in [-0.2, 0) is 60.7 Å². The van der Waals surface area contributed by atoms with Gasteiger partial charge in [-0.15, -0.1) is 0 Å². The Labute approximate surface area is 654 Å². The second-order valence-corrected chi connectivity index (χ2v) is 28.5. The monoisotopic (exact) mass is 1590 g/mol. The van der Waals surface area contributed by atoms with E-state index in [0.29, 0.717) is 40.6 Å². The molecule has 3 fully saturated rings. The van der Waals surface area contributed by atoms with Gasteiger partial charge in [0.2, 0.25) is 53.2 Å². The fraction of sp³-hybridized carbons (Fsp3) is 0.429. The highest BCUT2D eigenvalue weighted by molar-refractivity contribution is 7.98. The van der Waals surface area contributed by atoms with Crippen molar-refractivity contribution in [3.63, 3.8) is 0 Å². The van der Waals surface area contributed by atoms with E-state index in [1.165, 1.54) is 95.2 Å². The maximum Gasteiger partial charge on any atom is 0.414 e. The van der Waals surface area contributed by atoms with Crippen LogP contribution in [0.4, 0.5) is 20.6 Å². The molecule has 0 radical (unpaired) electrons. The maximum absolute atomic E-state index is 15.7. The molecule has 5 aromatic carbocycles. The molecule has 3 saturated heterocycles. The van der Waals surface area contributed by atoms with Crippen LogP contribution in [0.1, 0.15) is 90.1 Å². The number of carbonyl (C=O) groups is 12. The Morgan fingerprint density at radius 2 is 1.36 bits per heavy atom. The zero-order valence-corrected chi connectivity index (χ0v) is 63.3. The van der Waals surface area contributed by atoms with E-state index in [1.54, 1.807) is 47.7 Å². The number of aromatic amines is 1. The van der Waals surface area contributed by atoms with Crippen molar-refractivity contribution in [1.29, 1.82) is 0 Å². The van der Waals surface area contributed by atoms with Gasteiger partial charge >= 0.3 is 6.09 Å². The number of aliphatic hydroxyl groups excluding tert-OH is 1. The summed E-state index contributed by atoms with van der Waals surface area (Å²) in [4.78, 5) is 176. The molecular formula is C77H96FN15O19S. The quantitative estimate of drug-likeness (QED) is 0.0191. The summed E-state index contributed by atoms with van der Waals surface area (Å²) in [5, 5.41) is 84.5. The number of thioether (sulfide) groups is 1. The summed E-state index contributed by atoms with van der Waals surface area (Å²) in [5.41, 5.74) is 7.47. The average Bonchev–Trinajstić information content (AvgIpc) is 1.74. The van der Waals surface area contributed by atoms with Crippen molar-refractivity contribution in [3.05, 3.63) is 137 Å². The molecule has 3 aliphatic heterocycles. The summed E-state index contributed by atoms with van der Waals surface area (Å²) < 4.78 is 21.0. The number of ether oxygens (including phenoxy) is 1. The third-order valence-corrected chi connectivity index (χ3v) is 20.3. The van der Waals surface area contributed by atoms with Crippen molar-refractivity contribution in [2.45, 2.75) is 113 Å². The lowest BCUT2D eigenvalue weighted by atomic mass is 10.0. The number of nitrogens with one attached hydrogen (secondary N) is 9. The third kappa shape index (κ3) is 23.0. The first kappa shape index (κ1) is 85.2. The molecule has 113 heavy (non-hydrogen) atoms. The number of aromatic nitrogens is 1. The molecule has 12 amide bonds. The van der Waals surface area contributed by atoms with Crippen LogP contribution in [0.5, 0.6) is 28.7 Å². The number of fused-ring (bicyclic) bond motifs is 1. The zero-order valence-electron chi connectivity index (χ0n) is 62.5. The Kier molecular flexibility index (Phi) is 30.9. The summed E-state index contributed by atoms with van der Waals surface area (Å²) in [6, 6.07) is 16.3. The number of amides is 12. The number of unbranched alkanes of at least 4 members (excludes halogenated alkanes) is 2. The van der Waals surface area contributed by atoms with Gasteiger partial charge in [-0.2, -0.15) is 11.8 Å². The largest absolute Gasteiger partial charge is 0.508 e. The van der Waals surface area contributed by atoms with Gasteiger partial charge in [0.1, 0.15) is 47.9 Å². The first-order chi connectivity index (χ1) is 54.3. The second-order valence-electron chi connectivity index (χ2n) is 27.5. The molecule has 606 valence electrons. The number of H-pyrrole nitrogens is 1. The number of imide groups is 1. The summed E-state index contributed by atoms with van der Waals surface area (Å²) in [5.74, 6) is -11.3. The molecule has 7 atom stereocenters. The van der Waals surface area contributed by atoms with Crippen LogP contribution in [0.15, 0.2) is 109 Å². The number of halogens is 1. The number of anilines is 2. The summed E-state index contributed by atoms with van der Waals surface area (Å²) in [7, 11) is 0. The number of nitrogens with two attached hydrogens (primary N) is 1. The van der Waals surface area contributed by atoms with E-state index in [4.69, 9.17) is 10.5 Å². The van der Waals surface area contributed by atoms with E-state index in [-0.39, 0.29) is 145 Å². The third-order valence-electron chi connectivity index (χ3n) is 19.6. The predicted octanol–water partition coefficient (Wildman–Crippen LogP) is 1.19. The summed E-state index contributed by atoms with van der Waals surface area (Å²) in [6.07, 6.45) is 3.09. The first-order valence-electron chi connectivity index (χ1n) is 37.1. The van der Waals surface area contributed by atoms with Gasteiger partial charge in [-0.3, -0.25) is 67.9 Å². The van der Waals surface area contributed by atoms with E-state index in [2.05, 4.69) is 47.5 Å². The molecule has 34 nitrogen and oxygen atoms in total. The molecule has 0 unspecified atom stereocenters. The molecular weight excluding hydrogens is 1490 g/mol. The molecule has 17 N–H and O–H groups in total. The molecule has 3 aliphatic rings. The minimum atomic E-state index is -1.70. The second kappa shape index (κ2) is 41.0. The minimum Gasteiger partial charge on any atom is -0.508 e. The molecule has 4 heterocycles. The number of benzene rings is 5. The molecule has 1 aromatic heterocycles. The van der Waals surface area contributed by atoms with Crippen molar-refractivity contribution in [1.82, 2.24) is 62.2 Å². The number of phenolic OH excluding ortho intramolecular Hbond substituents is 5. The lowest BCUT2D eigenvalue weighted by Crippen LogP contribution is -2.60. The smallest absolute Gasteiger partial charge is 0.414 e. The fourth-order valence-electron chi connectivity index (χ4n) is 13.4. The number of likely N-dealkylation sites (tertiary alicyclic amines) is 1. The van der Waals surface area contributed by atoms with Crippen molar-refractivity contribution < 1.29 is 97.3 Å². The number of aromatic hydroxyl groups is 5. The van der Waals surface area contributed by atoms with E-state index < -0.39 is 162 Å². The number of carbonyl (C=O) groups excluding carboxylic acids is 12. The van der Waals surface area contributed by atoms with Crippen LogP contribution in [0.3, 0.4) is 0 Å². The van der Waals surface area contributed by atoms with Crippen molar-refractivity contribution in [2.24, 2.45) is 5.73 Å². The number of rotatable bonds is 38. The molecule has 9 rings (SSSR count). The molecule has 0 aliphatic carbocycles. The Hall–Kier alpha value is -11.8. The zero-order chi connectivity index (χ0) is 81.4. The summed E-state index contributed by atoms with van der Waals surface area (Å²) >= 11 is 1.38. The number of para-hydroxylation sites is 3. The van der Waals surface area contributed by atoms with Gasteiger partial charge in [0.05, 0.1) is 61.3 Å². The normalized spacial score (nSPS) is 16.1.